The molecule has 16 heavy (non-hydrogen) atoms. The van der Waals surface area contributed by atoms with Crippen LogP contribution in [0.4, 0.5) is 0 Å². The minimum atomic E-state index is 0.530. The van der Waals surface area contributed by atoms with Gasteiger partial charge in [-0.25, -0.2) is 0 Å². The molecule has 0 amide bonds. The number of aromatic nitrogens is 2. The minimum Gasteiger partial charge on any atom is -0.313 e. The van der Waals surface area contributed by atoms with Gasteiger partial charge >= 0.3 is 0 Å². The van der Waals surface area contributed by atoms with Crippen molar-refractivity contribution in [2.45, 2.75) is 39.4 Å². The van der Waals surface area contributed by atoms with E-state index in [1.54, 1.807) is 0 Å². The van der Waals surface area contributed by atoms with Crippen LogP contribution in [-0.2, 0) is 13.6 Å². The van der Waals surface area contributed by atoms with Crippen LogP contribution in [0.25, 0.3) is 0 Å². The van der Waals surface area contributed by atoms with Crippen molar-refractivity contribution in [2.24, 2.45) is 7.05 Å². The highest BCUT2D eigenvalue weighted by atomic mass is 15.2. The summed E-state index contributed by atoms with van der Waals surface area (Å²) >= 11 is 0. The molecule has 1 rings (SSSR count). The third-order valence-electron chi connectivity index (χ3n) is 2.76. The molecular weight excluding hydrogens is 200 g/mol. The molecule has 4 heteroatoms. The Bertz CT molecular complexity index is 306. The van der Waals surface area contributed by atoms with Crippen molar-refractivity contribution in [3.05, 3.63) is 18.0 Å². The quantitative estimate of drug-likeness (QED) is 0.789. The summed E-state index contributed by atoms with van der Waals surface area (Å²) in [5.41, 5.74) is 1.27. The number of hydrogen-bond acceptors (Lipinski definition) is 3. The van der Waals surface area contributed by atoms with Gasteiger partial charge in [-0.3, -0.25) is 9.58 Å². The first-order chi connectivity index (χ1) is 7.49. The topological polar surface area (TPSA) is 33.1 Å². The number of aryl methyl sites for hydroxylation is 1. The van der Waals surface area contributed by atoms with E-state index >= 15 is 0 Å². The smallest absolute Gasteiger partial charge is 0.0534 e. The second-order valence-electron chi connectivity index (χ2n) is 4.85. The maximum atomic E-state index is 4.18. The Morgan fingerprint density at radius 3 is 2.62 bits per heavy atom. The summed E-state index contributed by atoms with van der Waals surface area (Å²) in [6, 6.07) is 1.08. The molecular formula is C12H24N4. The molecule has 1 atom stereocenters. The molecule has 1 N–H and O–H groups in total. The van der Waals surface area contributed by atoms with Gasteiger partial charge in [-0.1, -0.05) is 13.8 Å². The Morgan fingerprint density at radius 2 is 2.12 bits per heavy atom. The van der Waals surface area contributed by atoms with Crippen LogP contribution in [0.15, 0.2) is 12.4 Å². The van der Waals surface area contributed by atoms with Crippen LogP contribution in [0.5, 0.6) is 0 Å². The highest BCUT2D eigenvalue weighted by molar-refractivity contribution is 5.03. The maximum absolute atomic E-state index is 4.18. The van der Waals surface area contributed by atoms with Crippen LogP contribution in [-0.4, -0.2) is 40.4 Å². The van der Waals surface area contributed by atoms with Gasteiger partial charge in [-0.05, 0) is 14.0 Å². The van der Waals surface area contributed by atoms with E-state index in [0.29, 0.717) is 12.1 Å². The molecule has 1 unspecified atom stereocenters. The molecule has 0 saturated carbocycles. The fourth-order valence-corrected chi connectivity index (χ4v) is 1.56. The predicted molar refractivity (Wildman–Crippen MR) is 67.3 cm³/mol. The second-order valence-corrected chi connectivity index (χ2v) is 4.85. The first kappa shape index (κ1) is 13.2. The van der Waals surface area contributed by atoms with Crippen LogP contribution in [0.2, 0.25) is 0 Å². The zero-order valence-corrected chi connectivity index (χ0v) is 11.1. The van der Waals surface area contributed by atoms with Crippen molar-refractivity contribution in [2.75, 3.05) is 13.6 Å². The fourth-order valence-electron chi connectivity index (χ4n) is 1.56. The Balaban J connectivity index is 2.36. The normalized spacial score (nSPS) is 13.7. The standard InChI is InChI=1S/C12H24N4/c1-10(2)13-6-11(3)15(4)8-12-7-14-16(5)9-12/h7,9-11,13H,6,8H2,1-5H3. The van der Waals surface area contributed by atoms with E-state index in [1.165, 1.54) is 5.56 Å². The van der Waals surface area contributed by atoms with E-state index in [0.717, 1.165) is 13.1 Å². The third-order valence-corrected chi connectivity index (χ3v) is 2.76. The number of hydrogen-bond donors (Lipinski definition) is 1. The molecule has 4 nitrogen and oxygen atoms in total. The van der Waals surface area contributed by atoms with Gasteiger partial charge in [-0.15, -0.1) is 0 Å². The van der Waals surface area contributed by atoms with Crippen molar-refractivity contribution in [1.29, 1.82) is 0 Å². The summed E-state index contributed by atoms with van der Waals surface area (Å²) in [5.74, 6) is 0. The van der Waals surface area contributed by atoms with E-state index in [4.69, 9.17) is 0 Å². The van der Waals surface area contributed by atoms with Gasteiger partial charge in [0.15, 0.2) is 0 Å². The van der Waals surface area contributed by atoms with E-state index < -0.39 is 0 Å². The summed E-state index contributed by atoms with van der Waals surface area (Å²) < 4.78 is 1.85. The lowest BCUT2D eigenvalue weighted by Gasteiger charge is -2.25. The van der Waals surface area contributed by atoms with Crippen molar-refractivity contribution < 1.29 is 0 Å². The lowest BCUT2D eigenvalue weighted by molar-refractivity contribution is 0.239. The Hall–Kier alpha value is -0.870. The SMILES string of the molecule is CC(C)NCC(C)N(C)Cc1cnn(C)c1. The molecule has 0 aliphatic carbocycles. The van der Waals surface area contributed by atoms with Gasteiger partial charge in [0, 0.05) is 44.0 Å². The third kappa shape index (κ3) is 4.33. The van der Waals surface area contributed by atoms with Gasteiger partial charge in [0.05, 0.1) is 6.20 Å². The van der Waals surface area contributed by atoms with Crippen molar-refractivity contribution in [3.63, 3.8) is 0 Å². The van der Waals surface area contributed by atoms with Crippen LogP contribution >= 0.6 is 0 Å². The lowest BCUT2D eigenvalue weighted by atomic mass is 10.2. The molecule has 0 radical (unpaired) electrons. The molecule has 92 valence electrons. The van der Waals surface area contributed by atoms with Crippen molar-refractivity contribution in [1.82, 2.24) is 20.0 Å². The first-order valence-electron chi connectivity index (χ1n) is 5.90. The second kappa shape index (κ2) is 6.01. The van der Waals surface area contributed by atoms with Crippen LogP contribution in [0, 0.1) is 0 Å². The van der Waals surface area contributed by atoms with E-state index in [2.05, 4.69) is 49.3 Å². The van der Waals surface area contributed by atoms with Crippen LogP contribution in [0.3, 0.4) is 0 Å². The molecule has 1 aromatic rings. The maximum Gasteiger partial charge on any atom is 0.0534 e. The molecule has 0 bridgehead atoms. The van der Waals surface area contributed by atoms with E-state index in [-0.39, 0.29) is 0 Å². The highest BCUT2D eigenvalue weighted by Crippen LogP contribution is 2.04. The van der Waals surface area contributed by atoms with Gasteiger partial charge in [0.25, 0.3) is 0 Å². The Labute approximate surface area is 98.6 Å². The summed E-state index contributed by atoms with van der Waals surface area (Å²) in [6.45, 7) is 8.57. The molecule has 0 aliphatic rings. The summed E-state index contributed by atoms with van der Waals surface area (Å²) in [7, 11) is 4.10. The Morgan fingerprint density at radius 1 is 1.44 bits per heavy atom. The van der Waals surface area contributed by atoms with Gasteiger partial charge in [-0.2, -0.15) is 5.10 Å². The number of nitrogens with one attached hydrogen (secondary N) is 1. The number of rotatable bonds is 6. The first-order valence-corrected chi connectivity index (χ1v) is 5.90. The number of nitrogens with zero attached hydrogens (tertiary/aromatic N) is 3. The zero-order valence-electron chi connectivity index (χ0n) is 11.1. The van der Waals surface area contributed by atoms with Crippen molar-refractivity contribution >= 4 is 0 Å². The largest absolute Gasteiger partial charge is 0.313 e. The van der Waals surface area contributed by atoms with Crippen LogP contribution in [0.1, 0.15) is 26.3 Å². The number of likely N-dealkylation sites (N-methyl/N-ethyl adjacent to an activating group) is 1. The monoisotopic (exact) mass is 224 g/mol. The Kier molecular flexibility index (Phi) is 4.96. The molecule has 0 spiro atoms. The van der Waals surface area contributed by atoms with Gasteiger partial charge < -0.3 is 5.32 Å². The fraction of sp³-hybridized carbons (Fsp3) is 0.750. The van der Waals surface area contributed by atoms with Crippen molar-refractivity contribution in [3.8, 4) is 0 Å². The summed E-state index contributed by atoms with van der Waals surface area (Å²) in [6.07, 6.45) is 4.00. The molecule has 0 aromatic carbocycles. The van der Waals surface area contributed by atoms with Crippen LogP contribution < -0.4 is 5.32 Å². The van der Waals surface area contributed by atoms with Gasteiger partial charge in [0.2, 0.25) is 0 Å². The minimum absolute atomic E-state index is 0.530. The molecule has 1 heterocycles. The lowest BCUT2D eigenvalue weighted by Crippen LogP contribution is -2.39. The molecule has 0 fully saturated rings. The average molecular weight is 224 g/mol. The molecule has 0 saturated heterocycles. The molecule has 1 aromatic heterocycles. The summed E-state index contributed by atoms with van der Waals surface area (Å²) in [5, 5.41) is 7.63. The molecule has 0 aliphatic heterocycles. The average Bonchev–Trinajstić information content (AvgIpc) is 2.60. The summed E-state index contributed by atoms with van der Waals surface area (Å²) in [4.78, 5) is 2.34. The zero-order chi connectivity index (χ0) is 12.1. The van der Waals surface area contributed by atoms with E-state index in [9.17, 15) is 0 Å². The highest BCUT2D eigenvalue weighted by Gasteiger charge is 2.10. The van der Waals surface area contributed by atoms with Gasteiger partial charge in [0.1, 0.15) is 0 Å². The predicted octanol–water partition coefficient (Wildman–Crippen LogP) is 1.24. The van der Waals surface area contributed by atoms with E-state index in [1.807, 2.05) is 17.9 Å².